The highest BCUT2D eigenvalue weighted by Gasteiger charge is 2.39. The van der Waals surface area contributed by atoms with Crippen molar-refractivity contribution in [2.45, 2.75) is 39.1 Å². The summed E-state index contributed by atoms with van der Waals surface area (Å²) in [5, 5.41) is 3.67. The van der Waals surface area contributed by atoms with Crippen LogP contribution in [0.15, 0.2) is 78.0 Å². The lowest BCUT2D eigenvalue weighted by molar-refractivity contribution is -0.0683. The number of aryl methyl sites for hydroxylation is 3. The van der Waals surface area contributed by atoms with E-state index < -0.39 is 52.9 Å². The van der Waals surface area contributed by atoms with Crippen LogP contribution in [0.3, 0.4) is 0 Å². The molecule has 3 atom stereocenters. The van der Waals surface area contributed by atoms with Crippen LogP contribution in [-0.4, -0.2) is 70.8 Å². The van der Waals surface area contributed by atoms with Crippen LogP contribution in [0.25, 0.3) is 0 Å². The lowest BCUT2D eigenvalue weighted by Gasteiger charge is -2.30. The smallest absolute Gasteiger partial charge is 0.338 e. The number of hydrogen-bond acceptors (Lipinski definition) is 11. The molecule has 0 aliphatic heterocycles. The third kappa shape index (κ3) is 10.3. The van der Waals surface area contributed by atoms with Gasteiger partial charge in [0, 0.05) is 0 Å². The Bertz CT molecular complexity index is 1530. The van der Waals surface area contributed by atoms with Crippen molar-refractivity contribution < 1.29 is 46.0 Å². The Morgan fingerprint density at radius 2 is 1.14 bits per heavy atom. The van der Waals surface area contributed by atoms with Crippen LogP contribution in [0.1, 0.15) is 47.8 Å². The molecule has 0 saturated heterocycles. The first-order chi connectivity index (χ1) is 20.4. The maximum Gasteiger partial charge on any atom is 0.338 e. The van der Waals surface area contributed by atoms with Gasteiger partial charge >= 0.3 is 17.9 Å². The average Bonchev–Trinajstić information content (AvgIpc) is 2.96. The zero-order valence-electron chi connectivity index (χ0n) is 24.4. The lowest BCUT2D eigenvalue weighted by atomic mass is 10.1. The molecule has 0 bridgehead atoms. The van der Waals surface area contributed by atoms with Gasteiger partial charge in [-0.25, -0.2) is 14.4 Å². The van der Waals surface area contributed by atoms with Crippen LogP contribution in [0.5, 0.6) is 0 Å². The predicted octanol–water partition coefficient (Wildman–Crippen LogP) is 4.20. The van der Waals surface area contributed by atoms with Crippen LogP contribution < -0.4 is 0 Å². The number of benzene rings is 3. The molecule has 0 spiro atoms. The molecule has 0 fully saturated rings. The van der Waals surface area contributed by atoms with Gasteiger partial charge in [0.2, 0.25) is 0 Å². The van der Waals surface area contributed by atoms with Gasteiger partial charge in [-0.15, -0.1) is 0 Å². The van der Waals surface area contributed by atoms with Gasteiger partial charge in [0.15, 0.2) is 18.3 Å². The molecular weight excluding hydrogens is 578 g/mol. The number of carbonyl (C=O) groups excluding carboxylic acids is 3. The molecular formula is C31H33NO10S. The van der Waals surface area contributed by atoms with Crippen molar-refractivity contribution in [3.05, 3.63) is 106 Å². The average molecular weight is 612 g/mol. The Balaban J connectivity index is 2.01. The molecule has 228 valence electrons. The summed E-state index contributed by atoms with van der Waals surface area (Å²) < 4.78 is 46.6. The zero-order valence-corrected chi connectivity index (χ0v) is 25.2. The van der Waals surface area contributed by atoms with E-state index in [9.17, 15) is 22.8 Å². The summed E-state index contributed by atoms with van der Waals surface area (Å²) in [6.07, 6.45) is -3.11. The van der Waals surface area contributed by atoms with E-state index >= 15 is 0 Å². The molecule has 43 heavy (non-hydrogen) atoms. The Morgan fingerprint density at radius 1 is 0.721 bits per heavy atom. The zero-order chi connectivity index (χ0) is 31.6. The Hall–Kier alpha value is -4.55. The molecule has 0 unspecified atom stereocenters. The van der Waals surface area contributed by atoms with E-state index in [-0.39, 0.29) is 16.7 Å². The minimum absolute atomic E-state index is 0.123. The van der Waals surface area contributed by atoms with Crippen molar-refractivity contribution in [2.75, 3.05) is 20.0 Å². The highest BCUT2D eigenvalue weighted by Crippen LogP contribution is 2.20. The third-order valence-corrected chi connectivity index (χ3v) is 6.63. The number of carbonyl (C=O) groups is 3. The van der Waals surface area contributed by atoms with E-state index in [4.69, 9.17) is 23.2 Å². The molecule has 11 nitrogen and oxygen atoms in total. The molecule has 0 amide bonds. The van der Waals surface area contributed by atoms with Gasteiger partial charge in [0.1, 0.15) is 13.7 Å². The number of esters is 3. The van der Waals surface area contributed by atoms with Crippen LogP contribution in [0.4, 0.5) is 0 Å². The monoisotopic (exact) mass is 611 g/mol. The summed E-state index contributed by atoms with van der Waals surface area (Å²) in [7, 11) is -3.00. The van der Waals surface area contributed by atoms with Gasteiger partial charge < -0.3 is 19.0 Å². The number of nitrogens with zero attached hydrogens (tertiary/aromatic N) is 1. The van der Waals surface area contributed by atoms with E-state index in [1.54, 1.807) is 36.4 Å². The summed E-state index contributed by atoms with van der Waals surface area (Å²) in [5.74, 6) is -2.51. The first kappa shape index (κ1) is 33.0. The summed E-state index contributed by atoms with van der Waals surface area (Å²) >= 11 is 0. The molecule has 0 heterocycles. The van der Waals surface area contributed by atoms with E-state index in [0.29, 0.717) is 0 Å². The molecule has 0 saturated carbocycles. The van der Waals surface area contributed by atoms with Crippen molar-refractivity contribution >= 4 is 34.2 Å². The fourth-order valence-electron chi connectivity index (χ4n) is 3.75. The van der Waals surface area contributed by atoms with Crippen molar-refractivity contribution in [2.24, 2.45) is 5.16 Å². The van der Waals surface area contributed by atoms with Crippen molar-refractivity contribution in [3.8, 4) is 0 Å². The van der Waals surface area contributed by atoms with Gasteiger partial charge in [-0.2, -0.15) is 8.42 Å². The SMILES string of the molecule is CON=C[C@@H](OC(=O)c1ccc(C)cc1)[C@@H](OC(=O)c1ccc(C)cc1)[C@H](COC(=O)c1ccc(C)cc1)OS(C)(=O)=O. The molecule has 0 aliphatic rings. The highest BCUT2D eigenvalue weighted by molar-refractivity contribution is 7.86. The molecule has 3 rings (SSSR count). The molecule has 0 radical (unpaired) electrons. The number of rotatable bonds is 13. The highest BCUT2D eigenvalue weighted by atomic mass is 32.2. The summed E-state index contributed by atoms with van der Waals surface area (Å²) in [6, 6.07) is 19.3. The van der Waals surface area contributed by atoms with Crippen LogP contribution in [0.2, 0.25) is 0 Å². The van der Waals surface area contributed by atoms with Gasteiger partial charge in [-0.1, -0.05) is 58.2 Å². The molecule has 3 aromatic carbocycles. The standard InChI is InChI=1S/C31H33NO10S/c1-20-6-12-23(13-7-20)29(33)39-19-27(42-43(5,36)37)28(41-31(35)25-16-10-22(3)11-17-25)26(18-32-38-4)40-30(34)24-14-8-21(2)9-15-24/h6-18,26-28H,19H2,1-5H3/t26-,27+,28-/m1/s1. The van der Waals surface area contributed by atoms with Gasteiger partial charge in [0.05, 0.1) is 29.2 Å². The normalized spacial score (nSPS) is 13.5. The predicted molar refractivity (Wildman–Crippen MR) is 157 cm³/mol. The number of hydrogen-bond donors (Lipinski definition) is 0. The quantitative estimate of drug-likeness (QED) is 0.0907. The second kappa shape index (κ2) is 15.1. The molecule has 12 heteroatoms. The fraction of sp³-hybridized carbons (Fsp3) is 0.290. The number of ether oxygens (including phenoxy) is 3. The molecule has 0 N–H and O–H groups in total. The van der Waals surface area contributed by atoms with E-state index in [0.717, 1.165) is 29.2 Å². The molecule has 0 aliphatic carbocycles. The van der Waals surface area contributed by atoms with Gasteiger partial charge in [-0.05, 0) is 57.2 Å². The van der Waals surface area contributed by atoms with Crippen molar-refractivity contribution in [1.82, 2.24) is 0 Å². The van der Waals surface area contributed by atoms with E-state index in [1.165, 1.54) is 43.5 Å². The lowest BCUT2D eigenvalue weighted by Crippen LogP contribution is -2.48. The van der Waals surface area contributed by atoms with Crippen LogP contribution in [-0.2, 0) is 33.3 Å². The number of oxime groups is 1. The topological polar surface area (TPSA) is 144 Å². The third-order valence-electron chi connectivity index (χ3n) is 6.03. The molecule has 0 aromatic heterocycles. The van der Waals surface area contributed by atoms with Crippen LogP contribution >= 0.6 is 0 Å². The van der Waals surface area contributed by atoms with E-state index in [1.807, 2.05) is 20.8 Å². The second-order valence-electron chi connectivity index (χ2n) is 9.71. The van der Waals surface area contributed by atoms with Gasteiger partial charge in [-0.3, -0.25) is 4.18 Å². The maximum absolute atomic E-state index is 13.2. The summed E-state index contributed by atoms with van der Waals surface area (Å²) in [4.78, 5) is 43.9. The van der Waals surface area contributed by atoms with Crippen molar-refractivity contribution in [3.63, 3.8) is 0 Å². The van der Waals surface area contributed by atoms with E-state index in [2.05, 4.69) is 5.16 Å². The first-order valence-electron chi connectivity index (χ1n) is 13.1. The van der Waals surface area contributed by atoms with Crippen molar-refractivity contribution in [1.29, 1.82) is 0 Å². The van der Waals surface area contributed by atoms with Crippen LogP contribution in [0, 0.1) is 20.8 Å². The minimum Gasteiger partial charge on any atom is -0.459 e. The molecule has 3 aromatic rings. The minimum atomic E-state index is -4.23. The maximum atomic E-state index is 13.2. The first-order valence-corrected chi connectivity index (χ1v) is 14.9. The second-order valence-corrected chi connectivity index (χ2v) is 11.3. The fourth-order valence-corrected chi connectivity index (χ4v) is 4.37. The largest absolute Gasteiger partial charge is 0.459 e. The Morgan fingerprint density at radius 3 is 1.56 bits per heavy atom. The van der Waals surface area contributed by atoms with Gasteiger partial charge in [0.25, 0.3) is 10.1 Å². The Labute approximate surface area is 250 Å². The summed E-state index contributed by atoms with van der Waals surface area (Å²) in [5.41, 5.74) is 3.17. The Kier molecular flexibility index (Phi) is 11.6. The summed E-state index contributed by atoms with van der Waals surface area (Å²) in [6.45, 7) is 4.82.